The minimum absolute atomic E-state index is 0. The maximum atomic E-state index is 3.43. The van der Waals surface area contributed by atoms with E-state index < -0.39 is 0 Å². The van der Waals surface area contributed by atoms with Crippen molar-refractivity contribution in [2.75, 3.05) is 47.8 Å². The second kappa shape index (κ2) is 8.33. The van der Waals surface area contributed by atoms with Gasteiger partial charge in [0.25, 0.3) is 0 Å². The van der Waals surface area contributed by atoms with Crippen LogP contribution in [0.2, 0.25) is 0 Å². The van der Waals surface area contributed by atoms with Crippen LogP contribution in [0.4, 0.5) is 0 Å². The van der Waals surface area contributed by atoms with E-state index in [2.05, 4.69) is 64.3 Å². The molecule has 2 rings (SSSR count). The molecule has 0 aromatic heterocycles. The SMILES string of the molecule is C[N+](C)(C)CCCC#CC[N+]1(C)CCc2ccccc2C1.[I-]. The third kappa shape index (κ3) is 6.28. The Bertz CT molecular complexity index is 536. The van der Waals surface area contributed by atoms with E-state index in [1.54, 1.807) is 0 Å². The molecule has 1 aliphatic rings. The smallest absolute Gasteiger partial charge is 0.141 e. The van der Waals surface area contributed by atoms with E-state index in [-0.39, 0.29) is 24.0 Å². The van der Waals surface area contributed by atoms with E-state index in [4.69, 9.17) is 0 Å². The third-order valence-electron chi connectivity index (χ3n) is 4.31. The average Bonchev–Trinajstić information content (AvgIpc) is 2.41. The Kier molecular flexibility index (Phi) is 7.37. The van der Waals surface area contributed by atoms with Gasteiger partial charge in [0.1, 0.15) is 13.1 Å². The number of quaternary nitrogens is 2. The van der Waals surface area contributed by atoms with Gasteiger partial charge in [-0.1, -0.05) is 30.2 Å². The normalized spacial score (nSPS) is 20.4. The zero-order valence-corrected chi connectivity index (χ0v) is 16.7. The van der Waals surface area contributed by atoms with Gasteiger partial charge in [0, 0.05) is 24.8 Å². The van der Waals surface area contributed by atoms with Crippen molar-refractivity contribution in [3.8, 4) is 11.8 Å². The summed E-state index contributed by atoms with van der Waals surface area (Å²) in [5.74, 6) is 6.81. The molecular formula is C19H30IN2+. The molecule has 22 heavy (non-hydrogen) atoms. The third-order valence-corrected chi connectivity index (χ3v) is 4.31. The Labute approximate surface area is 153 Å². The summed E-state index contributed by atoms with van der Waals surface area (Å²) in [6, 6.07) is 8.86. The molecule has 0 N–H and O–H groups in total. The highest BCUT2D eigenvalue weighted by Crippen LogP contribution is 2.22. The van der Waals surface area contributed by atoms with E-state index in [0.29, 0.717) is 0 Å². The monoisotopic (exact) mass is 413 g/mol. The number of hydrogen-bond acceptors (Lipinski definition) is 0. The van der Waals surface area contributed by atoms with Crippen LogP contribution >= 0.6 is 0 Å². The molecule has 1 aromatic rings. The lowest BCUT2D eigenvalue weighted by Gasteiger charge is -2.37. The first kappa shape index (κ1) is 19.5. The van der Waals surface area contributed by atoms with Crippen molar-refractivity contribution in [3.05, 3.63) is 35.4 Å². The van der Waals surface area contributed by atoms with Gasteiger partial charge in [-0.15, -0.1) is 0 Å². The zero-order chi connectivity index (χ0) is 15.3. The zero-order valence-electron chi connectivity index (χ0n) is 14.5. The van der Waals surface area contributed by atoms with Gasteiger partial charge < -0.3 is 32.9 Å². The molecular weight excluding hydrogens is 383 g/mol. The van der Waals surface area contributed by atoms with Crippen LogP contribution in [0.3, 0.4) is 0 Å². The van der Waals surface area contributed by atoms with Crippen LogP contribution in [-0.2, 0) is 13.0 Å². The van der Waals surface area contributed by atoms with E-state index in [1.165, 1.54) is 37.1 Å². The van der Waals surface area contributed by atoms with Crippen molar-refractivity contribution in [3.63, 3.8) is 0 Å². The minimum atomic E-state index is 0. The predicted molar refractivity (Wildman–Crippen MR) is 89.7 cm³/mol. The summed E-state index contributed by atoms with van der Waals surface area (Å²) >= 11 is 0. The second-order valence-electron chi connectivity index (χ2n) is 7.65. The number of likely N-dealkylation sites (N-methyl/N-ethyl adjacent to an activating group) is 1. The Morgan fingerprint density at radius 3 is 2.45 bits per heavy atom. The van der Waals surface area contributed by atoms with Gasteiger partial charge in [-0.05, 0) is 11.5 Å². The molecule has 3 heteroatoms. The van der Waals surface area contributed by atoms with Crippen LogP contribution in [0, 0.1) is 11.8 Å². The molecule has 0 saturated heterocycles. The molecule has 0 fully saturated rings. The summed E-state index contributed by atoms with van der Waals surface area (Å²) in [5.41, 5.74) is 3.04. The van der Waals surface area contributed by atoms with Crippen LogP contribution in [-0.4, -0.2) is 56.8 Å². The molecule has 0 aliphatic carbocycles. The number of hydrogen-bond donors (Lipinski definition) is 0. The molecule has 0 bridgehead atoms. The highest BCUT2D eigenvalue weighted by atomic mass is 127. The molecule has 0 spiro atoms. The number of fused-ring (bicyclic) bond motifs is 1. The number of benzene rings is 1. The fourth-order valence-corrected chi connectivity index (χ4v) is 2.95. The van der Waals surface area contributed by atoms with Gasteiger partial charge in [-0.25, -0.2) is 0 Å². The molecule has 122 valence electrons. The number of nitrogens with zero attached hydrogens (tertiary/aromatic N) is 2. The van der Waals surface area contributed by atoms with Crippen molar-refractivity contribution in [2.45, 2.75) is 25.8 Å². The lowest BCUT2D eigenvalue weighted by atomic mass is 9.98. The Hall–Kier alpha value is -0.570. The molecule has 1 heterocycles. The second-order valence-corrected chi connectivity index (χ2v) is 7.65. The summed E-state index contributed by atoms with van der Waals surface area (Å²) in [4.78, 5) is 0. The van der Waals surface area contributed by atoms with E-state index in [9.17, 15) is 0 Å². The molecule has 0 saturated carbocycles. The van der Waals surface area contributed by atoms with Crippen LogP contribution in [0.15, 0.2) is 24.3 Å². The van der Waals surface area contributed by atoms with E-state index in [0.717, 1.165) is 28.5 Å². The number of halogens is 1. The van der Waals surface area contributed by atoms with Crippen molar-refractivity contribution in [1.82, 2.24) is 0 Å². The van der Waals surface area contributed by atoms with Crippen LogP contribution in [0.25, 0.3) is 0 Å². The molecule has 1 atom stereocenters. The summed E-state index contributed by atoms with van der Waals surface area (Å²) in [5, 5.41) is 0. The molecule has 1 aromatic carbocycles. The Balaban J connectivity index is 0.00000242. The van der Waals surface area contributed by atoms with Crippen molar-refractivity contribution < 1.29 is 32.9 Å². The summed E-state index contributed by atoms with van der Waals surface area (Å²) in [7, 11) is 9.07. The van der Waals surface area contributed by atoms with Crippen LogP contribution < -0.4 is 24.0 Å². The molecule has 1 unspecified atom stereocenters. The highest BCUT2D eigenvalue weighted by Gasteiger charge is 2.26. The van der Waals surface area contributed by atoms with Gasteiger partial charge in [0.05, 0.1) is 41.3 Å². The maximum Gasteiger partial charge on any atom is 0.141 e. The fraction of sp³-hybridized carbons (Fsp3) is 0.579. The fourth-order valence-electron chi connectivity index (χ4n) is 2.95. The molecule has 1 aliphatic heterocycles. The highest BCUT2D eigenvalue weighted by molar-refractivity contribution is 5.27. The topological polar surface area (TPSA) is 0 Å². The average molecular weight is 413 g/mol. The first-order valence-electron chi connectivity index (χ1n) is 8.05. The summed E-state index contributed by atoms with van der Waals surface area (Å²) in [6.45, 7) is 4.53. The van der Waals surface area contributed by atoms with Crippen molar-refractivity contribution >= 4 is 0 Å². The first-order valence-corrected chi connectivity index (χ1v) is 8.05. The quantitative estimate of drug-likeness (QED) is 0.275. The first-order chi connectivity index (χ1) is 9.88. The van der Waals surface area contributed by atoms with Crippen LogP contribution in [0.5, 0.6) is 0 Å². The number of unbranched alkanes of at least 4 members (excludes halogenated alkanes) is 1. The molecule has 0 radical (unpaired) electrons. The van der Waals surface area contributed by atoms with Gasteiger partial charge in [0.2, 0.25) is 0 Å². The van der Waals surface area contributed by atoms with Crippen molar-refractivity contribution in [1.29, 1.82) is 0 Å². The van der Waals surface area contributed by atoms with E-state index in [1.807, 2.05) is 0 Å². The van der Waals surface area contributed by atoms with Gasteiger partial charge in [-0.3, -0.25) is 0 Å². The molecule has 2 nitrogen and oxygen atoms in total. The largest absolute Gasteiger partial charge is 1.00 e. The number of rotatable bonds is 4. The van der Waals surface area contributed by atoms with Gasteiger partial charge in [-0.2, -0.15) is 0 Å². The van der Waals surface area contributed by atoms with E-state index >= 15 is 0 Å². The lowest BCUT2D eigenvalue weighted by molar-refractivity contribution is -0.917. The van der Waals surface area contributed by atoms with Crippen molar-refractivity contribution in [2.24, 2.45) is 0 Å². The van der Waals surface area contributed by atoms with Crippen LogP contribution in [0.1, 0.15) is 24.0 Å². The van der Waals surface area contributed by atoms with Gasteiger partial charge >= 0.3 is 0 Å². The standard InChI is InChI=1S/C19H30N2.HI/c1-20(2,3)14-9-5-6-10-15-21(4)16-13-18-11-7-8-12-19(18)17-21;/h7-8,11-12H,5,9,13-17H2,1-4H3;1H/q+2;/p-1. The molecule has 0 amide bonds. The maximum absolute atomic E-state index is 3.43. The Morgan fingerprint density at radius 2 is 1.77 bits per heavy atom. The summed E-state index contributed by atoms with van der Waals surface area (Å²) < 4.78 is 2.10. The Morgan fingerprint density at radius 1 is 1.09 bits per heavy atom. The van der Waals surface area contributed by atoms with Gasteiger partial charge in [0.15, 0.2) is 0 Å². The lowest BCUT2D eigenvalue weighted by Crippen LogP contribution is -3.00. The predicted octanol–water partition coefficient (Wildman–Crippen LogP) is -0.317. The minimum Gasteiger partial charge on any atom is -1.00 e. The summed E-state index contributed by atoms with van der Waals surface area (Å²) in [6.07, 6.45) is 3.42.